The minimum absolute atomic E-state index is 0.101. The molecule has 144 valence electrons. The molecule has 1 fully saturated rings. The lowest BCUT2D eigenvalue weighted by molar-refractivity contribution is 0.0607. The lowest BCUT2D eigenvalue weighted by atomic mass is 9.93. The van der Waals surface area contributed by atoms with Crippen LogP contribution < -0.4 is 5.56 Å². The lowest BCUT2D eigenvalue weighted by Gasteiger charge is -2.34. The van der Waals surface area contributed by atoms with Crippen LogP contribution in [-0.4, -0.2) is 26.8 Å². The Balaban J connectivity index is 1.71. The molecule has 0 aliphatic heterocycles. The fourth-order valence-corrected chi connectivity index (χ4v) is 4.07. The van der Waals surface area contributed by atoms with Crippen LogP contribution in [0.4, 0.5) is 0 Å². The van der Waals surface area contributed by atoms with Crippen LogP contribution in [-0.2, 0) is 6.54 Å². The van der Waals surface area contributed by atoms with Gasteiger partial charge in [-0.25, -0.2) is 0 Å². The molecule has 3 aromatic rings. The van der Waals surface area contributed by atoms with E-state index < -0.39 is 0 Å². The molecule has 2 heterocycles. The molecule has 0 atom stereocenters. The zero-order chi connectivity index (χ0) is 19.5. The summed E-state index contributed by atoms with van der Waals surface area (Å²) in [4.78, 5) is 35.0. The summed E-state index contributed by atoms with van der Waals surface area (Å²) in [6.45, 7) is 2.34. The molecule has 0 spiro atoms. The van der Waals surface area contributed by atoms with E-state index in [9.17, 15) is 9.59 Å². The molecule has 4 rings (SSSR count). The third-order valence-corrected chi connectivity index (χ3v) is 5.58. The van der Waals surface area contributed by atoms with Gasteiger partial charge in [-0.2, -0.15) is 0 Å². The summed E-state index contributed by atoms with van der Waals surface area (Å²) < 4.78 is 0. The molecule has 0 saturated heterocycles. The highest BCUT2D eigenvalue weighted by Crippen LogP contribution is 2.25. The number of pyridine rings is 2. The van der Waals surface area contributed by atoms with E-state index in [1.165, 1.54) is 6.42 Å². The van der Waals surface area contributed by atoms with Gasteiger partial charge >= 0.3 is 0 Å². The maximum Gasteiger partial charge on any atom is 0.272 e. The van der Waals surface area contributed by atoms with Crippen LogP contribution >= 0.6 is 0 Å². The number of nitrogens with one attached hydrogen (secondary N) is 1. The number of hydrogen-bond acceptors (Lipinski definition) is 3. The van der Waals surface area contributed by atoms with Crippen LogP contribution in [0.1, 0.15) is 53.7 Å². The summed E-state index contributed by atoms with van der Waals surface area (Å²) in [5, 5.41) is 0.989. The zero-order valence-electron chi connectivity index (χ0n) is 16.1. The number of aryl methyl sites for hydroxylation is 1. The van der Waals surface area contributed by atoms with Crippen molar-refractivity contribution < 1.29 is 4.79 Å². The molecule has 0 bridgehead atoms. The van der Waals surface area contributed by atoms with Gasteiger partial charge in [0.2, 0.25) is 0 Å². The van der Waals surface area contributed by atoms with Gasteiger partial charge in [0.25, 0.3) is 11.5 Å². The Kier molecular flexibility index (Phi) is 5.24. The second-order valence-electron chi connectivity index (χ2n) is 7.65. The van der Waals surface area contributed by atoms with Gasteiger partial charge in [0.1, 0.15) is 5.69 Å². The highest BCUT2D eigenvalue weighted by atomic mass is 16.2. The van der Waals surface area contributed by atoms with E-state index in [0.717, 1.165) is 42.1 Å². The van der Waals surface area contributed by atoms with Crippen LogP contribution in [0.2, 0.25) is 0 Å². The van der Waals surface area contributed by atoms with E-state index in [1.807, 2.05) is 36.1 Å². The van der Waals surface area contributed by atoms with Crippen molar-refractivity contribution in [2.75, 3.05) is 0 Å². The van der Waals surface area contributed by atoms with Crippen LogP contribution in [0.5, 0.6) is 0 Å². The quantitative estimate of drug-likeness (QED) is 0.743. The summed E-state index contributed by atoms with van der Waals surface area (Å²) in [6, 6.07) is 13.4. The summed E-state index contributed by atoms with van der Waals surface area (Å²) in [6.07, 6.45) is 7.02. The SMILES string of the molecule is Cc1ccc2[nH]c(=O)c(CN(C(=O)c3ccccn3)C3CCCCC3)cc2c1. The first-order chi connectivity index (χ1) is 13.6. The van der Waals surface area contributed by atoms with Crippen molar-refractivity contribution in [2.24, 2.45) is 0 Å². The molecular weight excluding hydrogens is 350 g/mol. The number of benzene rings is 1. The van der Waals surface area contributed by atoms with Gasteiger partial charge in [0.05, 0.1) is 6.54 Å². The maximum absolute atomic E-state index is 13.2. The minimum atomic E-state index is -0.133. The number of carbonyl (C=O) groups is 1. The average molecular weight is 375 g/mol. The minimum Gasteiger partial charge on any atom is -0.330 e. The standard InChI is InChI=1S/C23H25N3O2/c1-16-10-11-20-17(13-16)14-18(22(27)25-20)15-26(19-7-3-2-4-8-19)23(28)21-9-5-6-12-24-21/h5-6,9-14,19H,2-4,7-8,15H2,1H3,(H,25,27). The Labute approximate surface area is 164 Å². The molecule has 5 heteroatoms. The number of fused-ring (bicyclic) bond motifs is 1. The van der Waals surface area contributed by atoms with Gasteiger partial charge in [-0.05, 0) is 55.5 Å². The van der Waals surface area contributed by atoms with Crippen LogP contribution in [0, 0.1) is 6.92 Å². The number of carbonyl (C=O) groups excluding carboxylic acids is 1. The largest absolute Gasteiger partial charge is 0.330 e. The van der Waals surface area contributed by atoms with Gasteiger partial charge in [-0.15, -0.1) is 0 Å². The molecule has 0 radical (unpaired) electrons. The highest BCUT2D eigenvalue weighted by Gasteiger charge is 2.27. The Morgan fingerprint density at radius 2 is 1.96 bits per heavy atom. The molecule has 1 aliphatic rings. The predicted octanol–water partition coefficient (Wildman–Crippen LogP) is 4.21. The molecule has 0 unspecified atom stereocenters. The van der Waals surface area contributed by atoms with Crippen molar-refractivity contribution in [1.29, 1.82) is 0 Å². The number of hydrogen-bond donors (Lipinski definition) is 1. The molecule has 2 aromatic heterocycles. The number of H-pyrrole nitrogens is 1. The van der Waals surface area contributed by atoms with Crippen molar-refractivity contribution in [2.45, 2.75) is 51.6 Å². The highest BCUT2D eigenvalue weighted by molar-refractivity contribution is 5.92. The Bertz CT molecular complexity index is 1040. The molecule has 1 aromatic carbocycles. The maximum atomic E-state index is 13.2. The Morgan fingerprint density at radius 3 is 2.71 bits per heavy atom. The van der Waals surface area contributed by atoms with E-state index in [1.54, 1.807) is 18.3 Å². The molecule has 1 saturated carbocycles. The molecule has 1 aliphatic carbocycles. The Hall–Kier alpha value is -2.95. The summed E-state index contributed by atoms with van der Waals surface area (Å²) in [5.41, 5.74) is 2.87. The van der Waals surface area contributed by atoms with Crippen molar-refractivity contribution in [1.82, 2.24) is 14.9 Å². The number of aromatic nitrogens is 2. The van der Waals surface area contributed by atoms with E-state index in [4.69, 9.17) is 0 Å². The molecule has 1 N–H and O–H groups in total. The van der Waals surface area contributed by atoms with Crippen LogP contribution in [0.3, 0.4) is 0 Å². The summed E-state index contributed by atoms with van der Waals surface area (Å²) in [5.74, 6) is -0.101. The van der Waals surface area contributed by atoms with Gasteiger partial charge in [0, 0.05) is 23.3 Å². The zero-order valence-corrected chi connectivity index (χ0v) is 16.1. The second kappa shape index (κ2) is 7.97. The fraction of sp³-hybridized carbons (Fsp3) is 0.348. The van der Waals surface area contributed by atoms with Gasteiger partial charge in [-0.1, -0.05) is 37.0 Å². The third kappa shape index (κ3) is 3.84. The molecule has 28 heavy (non-hydrogen) atoms. The van der Waals surface area contributed by atoms with E-state index in [-0.39, 0.29) is 17.5 Å². The van der Waals surface area contributed by atoms with E-state index >= 15 is 0 Å². The summed E-state index contributed by atoms with van der Waals surface area (Å²) >= 11 is 0. The second-order valence-corrected chi connectivity index (χ2v) is 7.65. The number of rotatable bonds is 4. The van der Waals surface area contributed by atoms with Crippen LogP contribution in [0.25, 0.3) is 10.9 Å². The first-order valence-electron chi connectivity index (χ1n) is 9.96. The van der Waals surface area contributed by atoms with Crippen molar-refractivity contribution in [3.8, 4) is 0 Å². The smallest absolute Gasteiger partial charge is 0.272 e. The van der Waals surface area contributed by atoms with Gasteiger partial charge in [-0.3, -0.25) is 14.6 Å². The van der Waals surface area contributed by atoms with E-state index in [2.05, 4.69) is 16.0 Å². The van der Waals surface area contributed by atoms with Gasteiger partial charge in [0.15, 0.2) is 0 Å². The van der Waals surface area contributed by atoms with Crippen molar-refractivity contribution in [3.05, 3.63) is 75.8 Å². The number of amides is 1. The van der Waals surface area contributed by atoms with Crippen molar-refractivity contribution in [3.63, 3.8) is 0 Å². The molecule has 1 amide bonds. The first kappa shape index (κ1) is 18.4. The molecule has 5 nitrogen and oxygen atoms in total. The Morgan fingerprint density at radius 1 is 1.14 bits per heavy atom. The van der Waals surface area contributed by atoms with Crippen LogP contribution in [0.15, 0.2) is 53.5 Å². The average Bonchev–Trinajstić information content (AvgIpc) is 2.73. The van der Waals surface area contributed by atoms with E-state index in [0.29, 0.717) is 17.8 Å². The fourth-order valence-electron chi connectivity index (χ4n) is 4.07. The molecular formula is C23H25N3O2. The topological polar surface area (TPSA) is 66.1 Å². The normalized spacial score (nSPS) is 14.9. The third-order valence-electron chi connectivity index (χ3n) is 5.58. The van der Waals surface area contributed by atoms with Gasteiger partial charge < -0.3 is 9.88 Å². The first-order valence-corrected chi connectivity index (χ1v) is 9.96. The monoisotopic (exact) mass is 375 g/mol. The van der Waals surface area contributed by atoms with Crippen molar-refractivity contribution >= 4 is 16.8 Å². The predicted molar refractivity (Wildman–Crippen MR) is 110 cm³/mol. The number of aromatic amines is 1. The number of nitrogens with zero attached hydrogens (tertiary/aromatic N) is 2. The summed E-state index contributed by atoms with van der Waals surface area (Å²) in [7, 11) is 0. The lowest BCUT2D eigenvalue weighted by Crippen LogP contribution is -2.42.